The maximum Gasteiger partial charge on any atom is 0.317 e. The van der Waals surface area contributed by atoms with Gasteiger partial charge in [0.05, 0.1) is 7.11 Å². The molecule has 0 aromatic heterocycles. The Bertz CT molecular complexity index is 720. The van der Waals surface area contributed by atoms with E-state index in [0.717, 1.165) is 37.4 Å². The molecule has 0 saturated carbocycles. The van der Waals surface area contributed by atoms with Crippen LogP contribution in [0.5, 0.6) is 5.75 Å². The number of likely N-dealkylation sites (tertiary alicyclic amines) is 1. The van der Waals surface area contributed by atoms with Crippen LogP contribution in [0.2, 0.25) is 0 Å². The fourth-order valence-electron chi connectivity index (χ4n) is 3.42. The molecule has 3 rings (SSSR count). The highest BCUT2D eigenvalue weighted by Gasteiger charge is 2.28. The number of methoxy groups -OCH3 is 1. The summed E-state index contributed by atoms with van der Waals surface area (Å²) in [5.74, 6) is 0.797. The summed E-state index contributed by atoms with van der Waals surface area (Å²) in [4.78, 5) is 16.8. The zero-order valence-electron chi connectivity index (χ0n) is 15.5. The van der Waals surface area contributed by atoms with Crippen molar-refractivity contribution in [1.29, 1.82) is 0 Å². The fourth-order valence-corrected chi connectivity index (χ4v) is 3.42. The third kappa shape index (κ3) is 4.55. The van der Waals surface area contributed by atoms with E-state index in [0.29, 0.717) is 6.54 Å². The SMILES string of the molecule is COc1ccccc1CNC(=O)N(C)[C@H]1CCN(Cc2ccccc2)C1. The second kappa shape index (κ2) is 8.72. The van der Waals surface area contributed by atoms with E-state index in [4.69, 9.17) is 4.74 Å². The van der Waals surface area contributed by atoms with Crippen LogP contribution in [0, 0.1) is 0 Å². The minimum atomic E-state index is -0.0394. The molecule has 1 fully saturated rings. The second-order valence-electron chi connectivity index (χ2n) is 6.74. The fraction of sp³-hybridized carbons (Fsp3) is 0.381. The molecule has 138 valence electrons. The third-order valence-electron chi connectivity index (χ3n) is 4.99. The number of amides is 2. The summed E-state index contributed by atoms with van der Waals surface area (Å²) < 4.78 is 5.34. The summed E-state index contributed by atoms with van der Waals surface area (Å²) >= 11 is 0. The zero-order chi connectivity index (χ0) is 18.4. The first-order chi connectivity index (χ1) is 12.7. The molecule has 2 aromatic rings. The first kappa shape index (κ1) is 18.3. The molecule has 1 aliphatic heterocycles. The van der Waals surface area contributed by atoms with Crippen LogP contribution in [-0.2, 0) is 13.1 Å². The van der Waals surface area contributed by atoms with Crippen molar-refractivity contribution in [3.63, 3.8) is 0 Å². The lowest BCUT2D eigenvalue weighted by Crippen LogP contribution is -2.44. The molecule has 0 bridgehead atoms. The van der Waals surface area contributed by atoms with E-state index in [9.17, 15) is 4.79 Å². The van der Waals surface area contributed by atoms with Crippen LogP contribution in [0.25, 0.3) is 0 Å². The molecule has 26 heavy (non-hydrogen) atoms. The normalized spacial score (nSPS) is 17.1. The van der Waals surface area contributed by atoms with Crippen LogP contribution < -0.4 is 10.1 Å². The average molecular weight is 353 g/mol. The number of ether oxygens (including phenoxy) is 1. The highest BCUT2D eigenvalue weighted by molar-refractivity contribution is 5.74. The Kier molecular flexibility index (Phi) is 6.12. The molecule has 5 nitrogen and oxygen atoms in total. The zero-order valence-corrected chi connectivity index (χ0v) is 15.5. The van der Waals surface area contributed by atoms with Gasteiger partial charge in [0.1, 0.15) is 5.75 Å². The van der Waals surface area contributed by atoms with Crippen molar-refractivity contribution < 1.29 is 9.53 Å². The van der Waals surface area contributed by atoms with Crippen LogP contribution in [0.1, 0.15) is 17.5 Å². The van der Waals surface area contributed by atoms with Gasteiger partial charge in [-0.15, -0.1) is 0 Å². The smallest absolute Gasteiger partial charge is 0.317 e. The largest absolute Gasteiger partial charge is 0.496 e. The number of nitrogens with one attached hydrogen (secondary N) is 1. The Labute approximate surface area is 155 Å². The van der Waals surface area contributed by atoms with Gasteiger partial charge in [-0.25, -0.2) is 4.79 Å². The van der Waals surface area contributed by atoms with E-state index < -0.39 is 0 Å². The molecule has 1 N–H and O–H groups in total. The number of benzene rings is 2. The first-order valence-electron chi connectivity index (χ1n) is 9.06. The lowest BCUT2D eigenvalue weighted by Gasteiger charge is -2.25. The minimum Gasteiger partial charge on any atom is -0.496 e. The molecule has 0 unspecified atom stereocenters. The van der Waals surface area contributed by atoms with Crippen LogP contribution in [0.4, 0.5) is 4.79 Å². The monoisotopic (exact) mass is 353 g/mol. The molecule has 2 aromatic carbocycles. The van der Waals surface area contributed by atoms with Crippen molar-refractivity contribution in [1.82, 2.24) is 15.1 Å². The Balaban J connectivity index is 1.49. The summed E-state index contributed by atoms with van der Waals surface area (Å²) in [6.45, 7) is 3.33. The molecule has 1 saturated heterocycles. The lowest BCUT2D eigenvalue weighted by atomic mass is 10.2. The Morgan fingerprint density at radius 3 is 2.69 bits per heavy atom. The molecule has 1 atom stereocenters. The van der Waals surface area contributed by atoms with Gasteiger partial charge in [0.15, 0.2) is 0 Å². The summed E-state index contributed by atoms with van der Waals surface area (Å²) in [7, 11) is 3.53. The lowest BCUT2D eigenvalue weighted by molar-refractivity contribution is 0.188. The molecule has 0 radical (unpaired) electrons. The minimum absolute atomic E-state index is 0.0394. The predicted molar refractivity (Wildman–Crippen MR) is 103 cm³/mol. The topological polar surface area (TPSA) is 44.8 Å². The third-order valence-corrected chi connectivity index (χ3v) is 4.99. The Morgan fingerprint density at radius 2 is 1.92 bits per heavy atom. The molecule has 2 amide bonds. The summed E-state index contributed by atoms with van der Waals surface area (Å²) in [6, 6.07) is 18.4. The van der Waals surface area contributed by atoms with E-state index in [1.165, 1.54) is 5.56 Å². The maximum absolute atomic E-state index is 12.5. The number of carbonyl (C=O) groups excluding carboxylic acids is 1. The van der Waals surface area contributed by atoms with Crippen molar-refractivity contribution in [2.75, 3.05) is 27.2 Å². The summed E-state index contributed by atoms with van der Waals surface area (Å²) in [5.41, 5.74) is 2.30. The number of nitrogens with zero attached hydrogens (tertiary/aromatic N) is 2. The molecule has 0 spiro atoms. The number of para-hydroxylation sites is 1. The van der Waals surface area contributed by atoms with Gasteiger partial charge >= 0.3 is 6.03 Å². The Morgan fingerprint density at radius 1 is 1.19 bits per heavy atom. The van der Waals surface area contributed by atoms with Crippen molar-refractivity contribution >= 4 is 6.03 Å². The van der Waals surface area contributed by atoms with E-state index >= 15 is 0 Å². The van der Waals surface area contributed by atoms with Crippen molar-refractivity contribution in [3.05, 3.63) is 65.7 Å². The van der Waals surface area contributed by atoms with Gasteiger partial charge in [-0.05, 0) is 18.1 Å². The van der Waals surface area contributed by atoms with E-state index in [1.807, 2.05) is 42.3 Å². The van der Waals surface area contributed by atoms with Gasteiger partial charge in [-0.3, -0.25) is 4.90 Å². The molecular formula is C21H27N3O2. The number of carbonyl (C=O) groups is 1. The standard InChI is InChI=1S/C21H27N3O2/c1-23(21(25)22-14-18-10-6-7-11-20(18)26-2)19-12-13-24(16-19)15-17-8-4-3-5-9-17/h3-11,19H,12-16H2,1-2H3,(H,22,25)/t19-/m0/s1. The van der Waals surface area contributed by atoms with E-state index in [-0.39, 0.29) is 12.1 Å². The average Bonchev–Trinajstić information content (AvgIpc) is 3.15. The number of likely N-dealkylation sites (N-methyl/N-ethyl adjacent to an activating group) is 1. The maximum atomic E-state index is 12.5. The number of urea groups is 1. The summed E-state index contributed by atoms with van der Waals surface area (Å²) in [5, 5.41) is 3.00. The van der Waals surface area contributed by atoms with Gasteiger partial charge < -0.3 is 15.0 Å². The van der Waals surface area contributed by atoms with Gasteiger partial charge in [0, 0.05) is 44.8 Å². The van der Waals surface area contributed by atoms with Gasteiger partial charge in [0.2, 0.25) is 0 Å². The number of hydrogen-bond acceptors (Lipinski definition) is 3. The summed E-state index contributed by atoms with van der Waals surface area (Å²) in [6.07, 6.45) is 1.01. The van der Waals surface area contributed by atoms with Crippen LogP contribution in [-0.4, -0.2) is 49.1 Å². The van der Waals surface area contributed by atoms with Gasteiger partial charge in [-0.1, -0.05) is 48.5 Å². The molecular weight excluding hydrogens is 326 g/mol. The molecule has 5 heteroatoms. The molecule has 0 aliphatic carbocycles. The van der Waals surface area contributed by atoms with Gasteiger partial charge in [0.25, 0.3) is 0 Å². The van der Waals surface area contributed by atoms with Crippen LogP contribution in [0.15, 0.2) is 54.6 Å². The van der Waals surface area contributed by atoms with Crippen molar-refractivity contribution in [2.24, 2.45) is 0 Å². The molecule has 1 heterocycles. The predicted octanol–water partition coefficient (Wildman–Crippen LogP) is 3.11. The quantitative estimate of drug-likeness (QED) is 0.868. The molecule has 1 aliphatic rings. The van der Waals surface area contributed by atoms with Crippen molar-refractivity contribution in [3.8, 4) is 5.75 Å². The highest BCUT2D eigenvalue weighted by atomic mass is 16.5. The van der Waals surface area contributed by atoms with Crippen LogP contribution in [0.3, 0.4) is 0 Å². The van der Waals surface area contributed by atoms with Gasteiger partial charge in [-0.2, -0.15) is 0 Å². The number of hydrogen-bond donors (Lipinski definition) is 1. The van der Waals surface area contributed by atoms with E-state index in [1.54, 1.807) is 7.11 Å². The second-order valence-corrected chi connectivity index (χ2v) is 6.74. The van der Waals surface area contributed by atoms with Crippen molar-refractivity contribution in [2.45, 2.75) is 25.6 Å². The highest BCUT2D eigenvalue weighted by Crippen LogP contribution is 2.19. The van der Waals surface area contributed by atoms with E-state index in [2.05, 4.69) is 34.5 Å². The van der Waals surface area contributed by atoms with Crippen LogP contribution >= 0.6 is 0 Å². The Hall–Kier alpha value is -2.53. The first-order valence-corrected chi connectivity index (χ1v) is 9.06. The number of rotatable bonds is 6.